The fraction of sp³-hybridized carbons (Fsp3) is 0.588. The van der Waals surface area contributed by atoms with Crippen molar-refractivity contribution in [1.29, 1.82) is 0 Å². The molecule has 21 heavy (non-hydrogen) atoms. The molecule has 1 aliphatic heterocycles. The molecule has 1 aromatic carbocycles. The zero-order valence-electron chi connectivity index (χ0n) is 13.0. The highest BCUT2D eigenvalue weighted by Gasteiger charge is 2.24. The van der Waals surface area contributed by atoms with Crippen LogP contribution in [0.3, 0.4) is 0 Å². The van der Waals surface area contributed by atoms with E-state index in [2.05, 4.69) is 39.7 Å². The molecule has 0 N–H and O–H groups in total. The monoisotopic (exact) mass is 352 g/mol. The van der Waals surface area contributed by atoms with E-state index in [1.165, 1.54) is 19.4 Å². The maximum atomic E-state index is 12.2. The molecule has 0 aliphatic carbocycles. The van der Waals surface area contributed by atoms with Gasteiger partial charge in [-0.25, -0.2) is 0 Å². The van der Waals surface area contributed by atoms with Crippen LogP contribution in [0.15, 0.2) is 28.7 Å². The van der Waals surface area contributed by atoms with Crippen LogP contribution >= 0.6 is 15.9 Å². The van der Waals surface area contributed by atoms with E-state index in [1.807, 2.05) is 24.3 Å². The Balaban J connectivity index is 1.78. The second-order valence-electron chi connectivity index (χ2n) is 5.87. The molecule has 0 aromatic heterocycles. The van der Waals surface area contributed by atoms with Gasteiger partial charge >= 0.3 is 0 Å². The van der Waals surface area contributed by atoms with E-state index >= 15 is 0 Å². The van der Waals surface area contributed by atoms with Crippen molar-refractivity contribution in [1.82, 2.24) is 9.80 Å². The SMILES string of the molecule is CCN1CCCC1CN(C)CCC(=O)c1cccc(Br)c1. The van der Waals surface area contributed by atoms with Gasteiger partial charge in [0.25, 0.3) is 0 Å². The van der Waals surface area contributed by atoms with Crippen molar-refractivity contribution in [3.8, 4) is 0 Å². The molecule has 116 valence electrons. The topological polar surface area (TPSA) is 23.6 Å². The van der Waals surface area contributed by atoms with Gasteiger partial charge in [0.15, 0.2) is 5.78 Å². The molecular weight excluding hydrogens is 328 g/mol. The largest absolute Gasteiger partial charge is 0.304 e. The van der Waals surface area contributed by atoms with Crippen LogP contribution in [0.25, 0.3) is 0 Å². The van der Waals surface area contributed by atoms with E-state index in [0.29, 0.717) is 12.5 Å². The Bertz CT molecular complexity index is 478. The van der Waals surface area contributed by atoms with Gasteiger partial charge < -0.3 is 4.90 Å². The molecule has 1 aliphatic rings. The average Bonchev–Trinajstić information content (AvgIpc) is 2.92. The number of Topliss-reactive ketones (excluding diaryl/α,β-unsaturated/α-hetero) is 1. The molecule has 0 saturated carbocycles. The highest BCUT2D eigenvalue weighted by atomic mass is 79.9. The van der Waals surface area contributed by atoms with Crippen LogP contribution in [0, 0.1) is 0 Å². The average molecular weight is 353 g/mol. The lowest BCUT2D eigenvalue weighted by atomic mass is 10.1. The molecular formula is C17H25BrN2O. The summed E-state index contributed by atoms with van der Waals surface area (Å²) in [5.41, 5.74) is 0.800. The van der Waals surface area contributed by atoms with Crippen molar-refractivity contribution >= 4 is 21.7 Å². The summed E-state index contributed by atoms with van der Waals surface area (Å²) in [6.07, 6.45) is 3.19. The normalized spacial score (nSPS) is 19.3. The van der Waals surface area contributed by atoms with Crippen LogP contribution in [-0.2, 0) is 0 Å². The minimum Gasteiger partial charge on any atom is -0.304 e. The van der Waals surface area contributed by atoms with Crippen molar-refractivity contribution in [2.45, 2.75) is 32.2 Å². The van der Waals surface area contributed by atoms with E-state index < -0.39 is 0 Å². The molecule has 4 heteroatoms. The summed E-state index contributed by atoms with van der Waals surface area (Å²) >= 11 is 3.42. The van der Waals surface area contributed by atoms with Gasteiger partial charge in [0.05, 0.1) is 0 Å². The van der Waals surface area contributed by atoms with E-state index in [1.54, 1.807) is 0 Å². The third-order valence-electron chi connectivity index (χ3n) is 4.29. The first-order valence-electron chi connectivity index (χ1n) is 7.81. The molecule has 1 unspecified atom stereocenters. The Morgan fingerprint density at radius 3 is 3.00 bits per heavy atom. The summed E-state index contributed by atoms with van der Waals surface area (Å²) in [7, 11) is 2.13. The number of hydrogen-bond acceptors (Lipinski definition) is 3. The maximum Gasteiger partial charge on any atom is 0.164 e. The van der Waals surface area contributed by atoms with Gasteiger partial charge in [0, 0.05) is 35.6 Å². The third kappa shape index (κ3) is 4.90. The summed E-state index contributed by atoms with van der Waals surface area (Å²) in [5, 5.41) is 0. The number of hydrogen-bond donors (Lipinski definition) is 0. The molecule has 1 heterocycles. The Labute approximate surface area is 136 Å². The lowest BCUT2D eigenvalue weighted by molar-refractivity contribution is 0.0962. The molecule has 1 aromatic rings. The highest BCUT2D eigenvalue weighted by Crippen LogP contribution is 2.18. The fourth-order valence-corrected chi connectivity index (χ4v) is 3.47. The maximum absolute atomic E-state index is 12.2. The van der Waals surface area contributed by atoms with Crippen molar-refractivity contribution in [2.75, 3.05) is 33.2 Å². The zero-order chi connectivity index (χ0) is 15.2. The van der Waals surface area contributed by atoms with Crippen LogP contribution in [0.4, 0.5) is 0 Å². The second-order valence-corrected chi connectivity index (χ2v) is 6.79. The second kappa shape index (κ2) is 8.06. The minimum absolute atomic E-state index is 0.224. The van der Waals surface area contributed by atoms with E-state index in [4.69, 9.17) is 0 Å². The molecule has 0 bridgehead atoms. The number of rotatable bonds is 7. The number of carbonyl (C=O) groups is 1. The van der Waals surface area contributed by atoms with E-state index in [0.717, 1.165) is 29.7 Å². The van der Waals surface area contributed by atoms with Crippen LogP contribution in [0.5, 0.6) is 0 Å². The standard InChI is InChI=1S/C17H25BrN2O/c1-3-20-10-5-8-16(20)13-19(2)11-9-17(21)14-6-4-7-15(18)12-14/h4,6-7,12,16H,3,5,8-11,13H2,1-2H3. The number of nitrogens with zero attached hydrogens (tertiary/aromatic N) is 2. The summed E-state index contributed by atoms with van der Waals surface area (Å²) in [5.74, 6) is 0.224. The van der Waals surface area contributed by atoms with Gasteiger partial charge in [-0.05, 0) is 45.1 Å². The molecule has 0 spiro atoms. The molecule has 0 amide bonds. The van der Waals surface area contributed by atoms with Crippen molar-refractivity contribution < 1.29 is 4.79 Å². The number of likely N-dealkylation sites (tertiary alicyclic amines) is 1. The molecule has 1 saturated heterocycles. The summed E-state index contributed by atoms with van der Waals surface area (Å²) < 4.78 is 0.964. The number of carbonyl (C=O) groups excluding carboxylic acids is 1. The first-order valence-corrected chi connectivity index (χ1v) is 8.60. The first kappa shape index (κ1) is 16.7. The smallest absolute Gasteiger partial charge is 0.164 e. The number of halogens is 1. The highest BCUT2D eigenvalue weighted by molar-refractivity contribution is 9.10. The Morgan fingerprint density at radius 2 is 2.29 bits per heavy atom. The van der Waals surface area contributed by atoms with Gasteiger partial charge in [-0.3, -0.25) is 9.69 Å². The van der Waals surface area contributed by atoms with Gasteiger partial charge in [-0.1, -0.05) is 35.0 Å². The van der Waals surface area contributed by atoms with Crippen molar-refractivity contribution in [3.63, 3.8) is 0 Å². The number of likely N-dealkylation sites (N-methyl/N-ethyl adjacent to an activating group) is 2. The minimum atomic E-state index is 0.224. The van der Waals surface area contributed by atoms with Crippen molar-refractivity contribution in [3.05, 3.63) is 34.3 Å². The molecule has 1 atom stereocenters. The summed E-state index contributed by atoms with van der Waals surface area (Å²) in [6, 6.07) is 8.32. The van der Waals surface area contributed by atoms with E-state index in [-0.39, 0.29) is 5.78 Å². The molecule has 3 nitrogen and oxygen atoms in total. The lowest BCUT2D eigenvalue weighted by Gasteiger charge is -2.27. The number of benzene rings is 1. The van der Waals surface area contributed by atoms with E-state index in [9.17, 15) is 4.79 Å². The van der Waals surface area contributed by atoms with Crippen LogP contribution in [0.2, 0.25) is 0 Å². The molecule has 2 rings (SSSR count). The predicted molar refractivity (Wildman–Crippen MR) is 90.9 cm³/mol. The third-order valence-corrected chi connectivity index (χ3v) is 4.79. The molecule has 0 radical (unpaired) electrons. The Kier molecular flexibility index (Phi) is 6.40. The fourth-order valence-electron chi connectivity index (χ4n) is 3.07. The van der Waals surface area contributed by atoms with Gasteiger partial charge in [0.1, 0.15) is 0 Å². The molecule has 1 fully saturated rings. The van der Waals surface area contributed by atoms with Gasteiger partial charge in [-0.2, -0.15) is 0 Å². The Morgan fingerprint density at radius 1 is 1.48 bits per heavy atom. The summed E-state index contributed by atoms with van der Waals surface area (Å²) in [6.45, 7) is 6.50. The van der Waals surface area contributed by atoms with Crippen LogP contribution < -0.4 is 0 Å². The first-order chi connectivity index (χ1) is 10.1. The Hall–Kier alpha value is -0.710. The number of ketones is 1. The quantitative estimate of drug-likeness (QED) is 0.702. The zero-order valence-corrected chi connectivity index (χ0v) is 14.6. The van der Waals surface area contributed by atoms with Gasteiger partial charge in [0.2, 0.25) is 0 Å². The van der Waals surface area contributed by atoms with Crippen molar-refractivity contribution in [2.24, 2.45) is 0 Å². The summed E-state index contributed by atoms with van der Waals surface area (Å²) in [4.78, 5) is 17.0. The lowest BCUT2D eigenvalue weighted by Crippen LogP contribution is -2.39. The predicted octanol–water partition coefficient (Wildman–Crippen LogP) is 3.44. The van der Waals surface area contributed by atoms with Crippen LogP contribution in [-0.4, -0.2) is 54.9 Å². The van der Waals surface area contributed by atoms with Crippen LogP contribution in [0.1, 0.15) is 36.5 Å². The van der Waals surface area contributed by atoms with Gasteiger partial charge in [-0.15, -0.1) is 0 Å².